The number of rotatable bonds is 5. The molecule has 2 rings (SSSR count). The highest BCUT2D eigenvalue weighted by molar-refractivity contribution is 7.89. The van der Waals surface area contributed by atoms with Crippen LogP contribution >= 0.6 is 0 Å². The van der Waals surface area contributed by atoms with Crippen LogP contribution in [0.2, 0.25) is 0 Å². The first kappa shape index (κ1) is 19.8. The van der Waals surface area contributed by atoms with E-state index in [9.17, 15) is 13.2 Å². The van der Waals surface area contributed by atoms with Crippen molar-refractivity contribution in [2.45, 2.75) is 44.1 Å². The number of hydrogen-bond acceptors (Lipinski definition) is 6. The number of methoxy groups -OCH3 is 2. The molecule has 7 nitrogen and oxygen atoms in total. The molecule has 3 atom stereocenters. The molecule has 1 heterocycles. The minimum Gasteiger partial charge on any atom is -0.467 e. The second-order valence-electron chi connectivity index (χ2n) is 6.37. The number of benzene rings is 1. The minimum atomic E-state index is -3.83. The molecule has 0 amide bonds. The third kappa shape index (κ3) is 4.03. The lowest BCUT2D eigenvalue weighted by Gasteiger charge is -2.43. The molecule has 0 bridgehead atoms. The topological polar surface area (TPSA) is 82.1 Å². The van der Waals surface area contributed by atoms with Crippen molar-refractivity contribution in [1.29, 1.82) is 0 Å². The van der Waals surface area contributed by atoms with Gasteiger partial charge in [0.15, 0.2) is 12.4 Å². The zero-order valence-electron chi connectivity index (χ0n) is 15.1. The van der Waals surface area contributed by atoms with Crippen LogP contribution in [0.1, 0.15) is 19.4 Å². The smallest absolute Gasteiger partial charge is 0.336 e. The molecular weight excluding hydrogens is 346 g/mol. The largest absolute Gasteiger partial charge is 0.467 e. The summed E-state index contributed by atoms with van der Waals surface area (Å²) in [6, 6.07) is 5.91. The lowest BCUT2D eigenvalue weighted by atomic mass is 9.97. The van der Waals surface area contributed by atoms with E-state index in [-0.39, 0.29) is 17.4 Å². The van der Waals surface area contributed by atoms with Crippen molar-refractivity contribution in [3.63, 3.8) is 0 Å². The van der Waals surface area contributed by atoms with E-state index in [4.69, 9.17) is 14.2 Å². The van der Waals surface area contributed by atoms with Crippen LogP contribution in [0.15, 0.2) is 29.2 Å². The molecule has 0 unspecified atom stereocenters. The molecule has 1 aromatic rings. The Balaban J connectivity index is 2.49. The Hall–Kier alpha value is -1.48. The van der Waals surface area contributed by atoms with Gasteiger partial charge < -0.3 is 14.2 Å². The molecule has 25 heavy (non-hydrogen) atoms. The van der Waals surface area contributed by atoms with E-state index in [0.717, 1.165) is 5.56 Å². The zero-order chi connectivity index (χ0) is 18.8. The van der Waals surface area contributed by atoms with Gasteiger partial charge in [-0.2, -0.15) is 4.31 Å². The Morgan fingerprint density at radius 1 is 1.24 bits per heavy atom. The molecule has 8 heteroatoms. The third-order valence-electron chi connectivity index (χ3n) is 4.28. The predicted octanol–water partition coefficient (Wildman–Crippen LogP) is 1.55. The molecule has 0 radical (unpaired) electrons. The Morgan fingerprint density at radius 3 is 2.32 bits per heavy atom. The number of esters is 1. The first-order valence-corrected chi connectivity index (χ1v) is 9.51. The number of carbonyl (C=O) groups excluding carboxylic acids is 1. The number of morpholine rings is 1. The van der Waals surface area contributed by atoms with E-state index in [1.807, 2.05) is 20.8 Å². The third-order valence-corrected chi connectivity index (χ3v) is 6.15. The van der Waals surface area contributed by atoms with Gasteiger partial charge in [-0.1, -0.05) is 31.5 Å². The highest BCUT2D eigenvalue weighted by atomic mass is 32.2. The second kappa shape index (κ2) is 7.82. The number of hydrogen-bond donors (Lipinski definition) is 0. The van der Waals surface area contributed by atoms with Gasteiger partial charge in [-0.3, -0.25) is 0 Å². The molecule has 0 aromatic heterocycles. The molecule has 0 aliphatic carbocycles. The fourth-order valence-corrected chi connectivity index (χ4v) is 4.68. The van der Waals surface area contributed by atoms with Gasteiger partial charge in [-0.05, 0) is 25.0 Å². The molecule has 1 saturated heterocycles. The number of aryl methyl sites for hydroxylation is 1. The average Bonchev–Trinajstić information content (AvgIpc) is 2.59. The molecule has 140 valence electrons. The van der Waals surface area contributed by atoms with Crippen LogP contribution < -0.4 is 0 Å². The Morgan fingerprint density at radius 2 is 1.84 bits per heavy atom. The van der Waals surface area contributed by atoms with Crippen LogP contribution in [0.4, 0.5) is 0 Å². The van der Waals surface area contributed by atoms with Crippen LogP contribution in [0.3, 0.4) is 0 Å². The highest BCUT2D eigenvalue weighted by Gasteiger charge is 2.48. The van der Waals surface area contributed by atoms with Crippen LogP contribution in [0, 0.1) is 12.8 Å². The monoisotopic (exact) mass is 371 g/mol. The first-order valence-electron chi connectivity index (χ1n) is 8.07. The van der Waals surface area contributed by atoms with Crippen molar-refractivity contribution < 1.29 is 27.4 Å². The maximum atomic E-state index is 13.2. The Labute approximate surface area is 148 Å². The zero-order valence-corrected chi connectivity index (χ0v) is 15.9. The summed E-state index contributed by atoms with van der Waals surface area (Å²) in [5, 5.41) is 0. The van der Waals surface area contributed by atoms with Crippen molar-refractivity contribution in [2.75, 3.05) is 20.8 Å². The van der Waals surface area contributed by atoms with Gasteiger partial charge in [0.25, 0.3) is 0 Å². The molecule has 0 saturated carbocycles. The van der Waals surface area contributed by atoms with Crippen molar-refractivity contribution >= 4 is 16.0 Å². The standard InChI is InChI=1S/C17H25NO6S/c1-11(2)15-16(17(19)23-5)24-14(22-4)10-18(15)25(20,21)13-8-6-12(3)7-9-13/h6-9,11,14-16H,10H2,1-5H3/t14-,15+,16+/m0/s1. The van der Waals surface area contributed by atoms with E-state index in [0.29, 0.717) is 0 Å². The van der Waals surface area contributed by atoms with E-state index in [1.54, 1.807) is 24.3 Å². The van der Waals surface area contributed by atoms with Crippen LogP contribution in [0.5, 0.6) is 0 Å². The van der Waals surface area contributed by atoms with Gasteiger partial charge in [0.1, 0.15) is 0 Å². The van der Waals surface area contributed by atoms with E-state index < -0.39 is 34.4 Å². The summed E-state index contributed by atoms with van der Waals surface area (Å²) < 4.78 is 43.3. The number of nitrogens with zero attached hydrogens (tertiary/aromatic N) is 1. The minimum absolute atomic E-state index is 0.00303. The summed E-state index contributed by atoms with van der Waals surface area (Å²) in [6.07, 6.45) is -1.90. The van der Waals surface area contributed by atoms with Gasteiger partial charge in [0.05, 0.1) is 24.6 Å². The van der Waals surface area contributed by atoms with Crippen molar-refractivity contribution in [1.82, 2.24) is 4.31 Å². The van der Waals surface area contributed by atoms with Gasteiger partial charge in [0, 0.05) is 7.11 Å². The Bertz CT molecular complexity index is 700. The van der Waals surface area contributed by atoms with Crippen molar-refractivity contribution in [2.24, 2.45) is 5.92 Å². The maximum Gasteiger partial charge on any atom is 0.336 e. The van der Waals surface area contributed by atoms with Gasteiger partial charge in [0.2, 0.25) is 10.0 Å². The molecule has 1 aliphatic rings. The molecule has 1 fully saturated rings. The SMILES string of the molecule is COC(=O)[C@@H]1O[C@H](OC)CN(S(=O)(=O)c2ccc(C)cc2)[C@@H]1C(C)C. The van der Waals surface area contributed by atoms with E-state index in [2.05, 4.69) is 0 Å². The fraction of sp³-hybridized carbons (Fsp3) is 0.588. The first-order chi connectivity index (χ1) is 11.7. The maximum absolute atomic E-state index is 13.2. The summed E-state index contributed by atoms with van der Waals surface area (Å²) >= 11 is 0. The summed E-state index contributed by atoms with van der Waals surface area (Å²) in [5.74, 6) is -0.785. The fourth-order valence-electron chi connectivity index (χ4n) is 2.93. The lowest BCUT2D eigenvalue weighted by Crippen LogP contribution is -2.61. The van der Waals surface area contributed by atoms with Gasteiger partial charge >= 0.3 is 5.97 Å². The molecule has 0 N–H and O–H groups in total. The van der Waals surface area contributed by atoms with E-state index in [1.165, 1.54) is 18.5 Å². The predicted molar refractivity (Wildman–Crippen MR) is 91.4 cm³/mol. The molecule has 0 spiro atoms. The van der Waals surface area contributed by atoms with Crippen molar-refractivity contribution in [3.8, 4) is 0 Å². The van der Waals surface area contributed by atoms with Crippen LogP contribution in [-0.4, -0.2) is 57.9 Å². The normalized spacial score (nSPS) is 25.1. The van der Waals surface area contributed by atoms with Crippen LogP contribution in [0.25, 0.3) is 0 Å². The molecule has 1 aromatic carbocycles. The summed E-state index contributed by atoms with van der Waals surface area (Å²) in [7, 11) is -1.17. The number of ether oxygens (including phenoxy) is 3. The van der Waals surface area contributed by atoms with Crippen molar-refractivity contribution in [3.05, 3.63) is 29.8 Å². The molecular formula is C17H25NO6S. The van der Waals surface area contributed by atoms with Gasteiger partial charge in [-0.25, -0.2) is 13.2 Å². The highest BCUT2D eigenvalue weighted by Crippen LogP contribution is 2.31. The van der Waals surface area contributed by atoms with Crippen LogP contribution in [-0.2, 0) is 29.0 Å². The summed E-state index contributed by atoms with van der Waals surface area (Å²) in [4.78, 5) is 12.3. The number of sulfonamides is 1. The molecule has 1 aliphatic heterocycles. The van der Waals surface area contributed by atoms with E-state index >= 15 is 0 Å². The summed E-state index contributed by atoms with van der Waals surface area (Å²) in [6.45, 7) is 5.57. The summed E-state index contributed by atoms with van der Waals surface area (Å²) in [5.41, 5.74) is 0.962. The van der Waals surface area contributed by atoms with Gasteiger partial charge in [-0.15, -0.1) is 0 Å². The Kier molecular flexibility index (Phi) is 6.21. The average molecular weight is 371 g/mol. The number of carbonyl (C=O) groups is 1. The second-order valence-corrected chi connectivity index (χ2v) is 8.26. The lowest BCUT2D eigenvalue weighted by molar-refractivity contribution is -0.218. The quantitative estimate of drug-likeness (QED) is 0.731.